The minimum atomic E-state index is 0.0521. The first-order chi connectivity index (χ1) is 15.2. The van der Waals surface area contributed by atoms with E-state index in [2.05, 4.69) is 10.6 Å². The van der Waals surface area contributed by atoms with E-state index in [9.17, 15) is 4.79 Å². The average Bonchev–Trinajstić information content (AvgIpc) is 3.35. The third kappa shape index (κ3) is 3.79. The van der Waals surface area contributed by atoms with Crippen molar-refractivity contribution in [2.24, 2.45) is 0 Å². The molecule has 0 spiro atoms. The summed E-state index contributed by atoms with van der Waals surface area (Å²) in [5.41, 5.74) is 4.14. The van der Waals surface area contributed by atoms with Crippen LogP contribution in [0, 0.1) is 6.92 Å². The maximum atomic E-state index is 12.9. The summed E-state index contributed by atoms with van der Waals surface area (Å²) in [4.78, 5) is 19.7. The van der Waals surface area contributed by atoms with Crippen LogP contribution in [-0.4, -0.2) is 28.6 Å². The van der Waals surface area contributed by atoms with Crippen molar-refractivity contribution in [1.82, 2.24) is 9.55 Å². The first-order valence-corrected chi connectivity index (χ1v) is 10.7. The Hall–Kier alpha value is -3.60. The number of aryl methyl sites for hydroxylation is 1. The monoisotopic (exact) mass is 411 g/mol. The van der Waals surface area contributed by atoms with Crippen LogP contribution in [0.4, 0.5) is 5.69 Å². The number of rotatable bonds is 6. The van der Waals surface area contributed by atoms with Crippen LogP contribution in [0.5, 0.6) is 5.75 Å². The SMILES string of the molecule is Cc1ccccc1N1CC(c2nc3ccccc3n2CCOc2ccccc2)CC1=O. The Balaban J connectivity index is 1.42. The maximum Gasteiger partial charge on any atom is 0.227 e. The van der Waals surface area contributed by atoms with Gasteiger partial charge in [-0.15, -0.1) is 0 Å². The third-order valence-electron chi connectivity index (χ3n) is 5.91. The van der Waals surface area contributed by atoms with Gasteiger partial charge < -0.3 is 14.2 Å². The van der Waals surface area contributed by atoms with Gasteiger partial charge in [0.2, 0.25) is 5.91 Å². The van der Waals surface area contributed by atoms with E-state index >= 15 is 0 Å². The molecule has 4 aromatic rings. The summed E-state index contributed by atoms with van der Waals surface area (Å²) in [6, 6.07) is 26.0. The van der Waals surface area contributed by atoms with Crippen molar-refractivity contribution in [3.05, 3.63) is 90.3 Å². The van der Waals surface area contributed by atoms with Gasteiger partial charge in [0, 0.05) is 24.6 Å². The molecule has 1 saturated heterocycles. The Bertz CT molecular complexity index is 1220. The summed E-state index contributed by atoms with van der Waals surface area (Å²) in [6.07, 6.45) is 0.469. The summed E-state index contributed by atoms with van der Waals surface area (Å²) < 4.78 is 8.17. The summed E-state index contributed by atoms with van der Waals surface area (Å²) in [5, 5.41) is 0. The molecule has 5 heteroatoms. The molecule has 1 unspecified atom stereocenters. The fraction of sp³-hybridized carbons (Fsp3) is 0.231. The zero-order chi connectivity index (χ0) is 21.2. The van der Waals surface area contributed by atoms with E-state index in [0.29, 0.717) is 26.1 Å². The van der Waals surface area contributed by atoms with Gasteiger partial charge in [0.05, 0.1) is 17.6 Å². The number of anilines is 1. The van der Waals surface area contributed by atoms with E-state index in [-0.39, 0.29) is 11.8 Å². The number of ether oxygens (including phenoxy) is 1. The average molecular weight is 412 g/mol. The standard InChI is InChI=1S/C26H25N3O2/c1-19-9-5-7-13-23(19)29-18-20(17-25(29)30)26-27-22-12-6-8-14-24(22)28(26)15-16-31-21-10-3-2-4-11-21/h2-14,20H,15-18H2,1H3. The van der Waals surface area contributed by atoms with Crippen molar-refractivity contribution in [3.8, 4) is 5.75 Å². The topological polar surface area (TPSA) is 47.4 Å². The molecule has 1 atom stereocenters. The van der Waals surface area contributed by atoms with Gasteiger partial charge >= 0.3 is 0 Å². The Morgan fingerprint density at radius 3 is 2.55 bits per heavy atom. The lowest BCUT2D eigenvalue weighted by molar-refractivity contribution is -0.117. The first kappa shape index (κ1) is 19.4. The molecular formula is C26H25N3O2. The molecule has 0 bridgehead atoms. The van der Waals surface area contributed by atoms with Crippen LogP contribution in [0.15, 0.2) is 78.9 Å². The van der Waals surface area contributed by atoms with Crippen molar-refractivity contribution in [1.29, 1.82) is 0 Å². The molecule has 5 rings (SSSR count). The molecule has 0 saturated carbocycles. The second-order valence-electron chi connectivity index (χ2n) is 7.96. The Morgan fingerprint density at radius 1 is 0.968 bits per heavy atom. The zero-order valence-corrected chi connectivity index (χ0v) is 17.6. The van der Waals surface area contributed by atoms with Crippen LogP contribution in [0.3, 0.4) is 0 Å². The summed E-state index contributed by atoms with van der Waals surface area (Å²) in [6.45, 7) is 3.91. The van der Waals surface area contributed by atoms with Crippen LogP contribution in [-0.2, 0) is 11.3 Å². The molecule has 1 aromatic heterocycles. The lowest BCUT2D eigenvalue weighted by Gasteiger charge is -2.19. The van der Waals surface area contributed by atoms with Crippen molar-refractivity contribution >= 4 is 22.6 Å². The smallest absolute Gasteiger partial charge is 0.227 e. The van der Waals surface area contributed by atoms with Gasteiger partial charge in [-0.3, -0.25) is 4.79 Å². The second kappa shape index (κ2) is 8.26. The van der Waals surface area contributed by atoms with E-state index in [1.807, 2.05) is 84.6 Å². The van der Waals surface area contributed by atoms with E-state index in [1.54, 1.807) is 0 Å². The Kier molecular flexibility index (Phi) is 5.16. The number of hydrogen-bond donors (Lipinski definition) is 0. The van der Waals surface area contributed by atoms with Crippen molar-refractivity contribution < 1.29 is 9.53 Å². The minimum Gasteiger partial charge on any atom is -0.492 e. The molecule has 2 heterocycles. The molecule has 1 amide bonds. The second-order valence-corrected chi connectivity index (χ2v) is 7.96. The normalized spacial score (nSPS) is 16.2. The zero-order valence-electron chi connectivity index (χ0n) is 17.6. The third-order valence-corrected chi connectivity index (χ3v) is 5.91. The number of fused-ring (bicyclic) bond motifs is 1. The van der Waals surface area contributed by atoms with Crippen LogP contribution in [0.25, 0.3) is 11.0 Å². The number of carbonyl (C=O) groups excluding carboxylic acids is 1. The molecule has 1 fully saturated rings. The van der Waals surface area contributed by atoms with Gasteiger partial charge in [-0.05, 0) is 42.8 Å². The van der Waals surface area contributed by atoms with E-state index in [0.717, 1.165) is 33.9 Å². The maximum absolute atomic E-state index is 12.9. The number of nitrogens with zero attached hydrogens (tertiary/aromatic N) is 3. The van der Waals surface area contributed by atoms with E-state index in [1.165, 1.54) is 0 Å². The van der Waals surface area contributed by atoms with Crippen LogP contribution in [0.1, 0.15) is 23.7 Å². The number of amides is 1. The largest absolute Gasteiger partial charge is 0.492 e. The van der Waals surface area contributed by atoms with Gasteiger partial charge in [-0.25, -0.2) is 4.98 Å². The van der Waals surface area contributed by atoms with Gasteiger partial charge in [0.1, 0.15) is 18.2 Å². The molecule has 5 nitrogen and oxygen atoms in total. The minimum absolute atomic E-state index is 0.0521. The molecular weight excluding hydrogens is 386 g/mol. The summed E-state index contributed by atoms with van der Waals surface area (Å²) >= 11 is 0. The highest BCUT2D eigenvalue weighted by molar-refractivity contribution is 5.97. The predicted molar refractivity (Wildman–Crippen MR) is 123 cm³/mol. The molecule has 156 valence electrons. The highest BCUT2D eigenvalue weighted by atomic mass is 16.5. The lowest BCUT2D eigenvalue weighted by atomic mass is 10.1. The highest BCUT2D eigenvalue weighted by Gasteiger charge is 2.35. The van der Waals surface area contributed by atoms with Crippen LogP contribution in [0.2, 0.25) is 0 Å². The molecule has 31 heavy (non-hydrogen) atoms. The van der Waals surface area contributed by atoms with Gasteiger partial charge in [0.15, 0.2) is 0 Å². The van der Waals surface area contributed by atoms with Gasteiger partial charge in [-0.2, -0.15) is 0 Å². The molecule has 1 aliphatic rings. The molecule has 0 radical (unpaired) electrons. The first-order valence-electron chi connectivity index (χ1n) is 10.7. The van der Waals surface area contributed by atoms with Gasteiger partial charge in [0.25, 0.3) is 0 Å². The quantitative estimate of drug-likeness (QED) is 0.451. The number of imidazole rings is 1. The lowest BCUT2D eigenvalue weighted by Crippen LogP contribution is -2.25. The fourth-order valence-electron chi connectivity index (χ4n) is 4.39. The molecule has 3 aromatic carbocycles. The van der Waals surface area contributed by atoms with Crippen molar-refractivity contribution in [2.45, 2.75) is 25.8 Å². The highest BCUT2D eigenvalue weighted by Crippen LogP contribution is 2.34. The van der Waals surface area contributed by atoms with Gasteiger partial charge in [-0.1, -0.05) is 48.5 Å². The van der Waals surface area contributed by atoms with Crippen LogP contribution >= 0.6 is 0 Å². The summed E-state index contributed by atoms with van der Waals surface area (Å²) in [5.74, 6) is 2.02. The van der Waals surface area contributed by atoms with Crippen LogP contribution < -0.4 is 9.64 Å². The van der Waals surface area contributed by atoms with E-state index < -0.39 is 0 Å². The fourth-order valence-corrected chi connectivity index (χ4v) is 4.39. The Labute approximate surface area is 181 Å². The van der Waals surface area contributed by atoms with E-state index in [4.69, 9.17) is 9.72 Å². The molecule has 0 N–H and O–H groups in total. The number of hydrogen-bond acceptors (Lipinski definition) is 3. The number of benzene rings is 3. The predicted octanol–water partition coefficient (Wildman–Crippen LogP) is 4.94. The molecule has 1 aliphatic heterocycles. The number of para-hydroxylation sites is 4. The number of carbonyl (C=O) groups is 1. The Morgan fingerprint density at radius 2 is 1.71 bits per heavy atom. The van der Waals surface area contributed by atoms with Crippen molar-refractivity contribution in [2.75, 3.05) is 18.1 Å². The summed E-state index contributed by atoms with van der Waals surface area (Å²) in [7, 11) is 0. The van der Waals surface area contributed by atoms with Crippen molar-refractivity contribution in [3.63, 3.8) is 0 Å². The number of aromatic nitrogens is 2. The molecule has 0 aliphatic carbocycles.